The molecule has 0 bridgehead atoms. The predicted octanol–water partition coefficient (Wildman–Crippen LogP) is 2.24. The van der Waals surface area contributed by atoms with Gasteiger partial charge in [0.05, 0.1) is 0 Å². The summed E-state index contributed by atoms with van der Waals surface area (Å²) in [6.07, 6.45) is -3.09. The summed E-state index contributed by atoms with van der Waals surface area (Å²) in [5.74, 6) is -3.37. The van der Waals surface area contributed by atoms with Crippen LogP contribution in [0.15, 0.2) is 12.7 Å². The van der Waals surface area contributed by atoms with Crippen molar-refractivity contribution in [1.82, 2.24) is 0 Å². The smallest absolute Gasteiger partial charge is 0.330 e. The maximum absolute atomic E-state index is 12.9. The molecule has 0 aromatic rings. The summed E-state index contributed by atoms with van der Waals surface area (Å²) < 4.78 is 30.5. The number of carboxylic acid groups (broad SMARTS) is 1. The third kappa shape index (κ3) is 3.51. The van der Waals surface area contributed by atoms with E-state index in [4.69, 9.17) is 9.84 Å². The van der Waals surface area contributed by atoms with Gasteiger partial charge in [0.25, 0.3) is 6.43 Å². The third-order valence-corrected chi connectivity index (χ3v) is 1.98. The molecule has 0 amide bonds. The first-order chi connectivity index (χ1) is 7.58. The van der Waals surface area contributed by atoms with Crippen LogP contribution in [-0.2, 0) is 14.3 Å². The van der Waals surface area contributed by atoms with Crippen molar-refractivity contribution < 1.29 is 28.2 Å². The predicted molar refractivity (Wildman–Crippen MR) is 56.7 cm³/mol. The van der Waals surface area contributed by atoms with E-state index in [2.05, 4.69) is 6.58 Å². The number of halogens is 2. The van der Waals surface area contributed by atoms with Crippen LogP contribution in [0.25, 0.3) is 0 Å². The standard InChI is InChI=1S/C11H16F2O4/c1-5-6-11(7(12)13,8(14)15)9(16)17-10(2,3)4/h5,7H,1,6H2,2-4H3,(H,14,15). The average molecular weight is 250 g/mol. The molecule has 1 unspecified atom stereocenters. The van der Waals surface area contributed by atoms with Crippen LogP contribution in [0.4, 0.5) is 8.78 Å². The summed E-state index contributed by atoms with van der Waals surface area (Å²) in [5, 5.41) is 8.86. The van der Waals surface area contributed by atoms with Gasteiger partial charge >= 0.3 is 11.9 Å². The number of allylic oxidation sites excluding steroid dienone is 1. The van der Waals surface area contributed by atoms with Crippen molar-refractivity contribution in [3.8, 4) is 0 Å². The number of hydrogen-bond acceptors (Lipinski definition) is 3. The first-order valence-electron chi connectivity index (χ1n) is 4.94. The van der Waals surface area contributed by atoms with E-state index in [9.17, 15) is 18.4 Å². The zero-order valence-electron chi connectivity index (χ0n) is 10.00. The second-order valence-electron chi connectivity index (χ2n) is 4.57. The Hall–Kier alpha value is -1.46. The van der Waals surface area contributed by atoms with Gasteiger partial charge in [-0.25, -0.2) is 8.78 Å². The van der Waals surface area contributed by atoms with Crippen LogP contribution in [-0.4, -0.2) is 29.1 Å². The fraction of sp³-hybridized carbons (Fsp3) is 0.636. The van der Waals surface area contributed by atoms with Crippen molar-refractivity contribution >= 4 is 11.9 Å². The number of carboxylic acids is 1. The maximum atomic E-state index is 12.9. The largest absolute Gasteiger partial charge is 0.480 e. The van der Waals surface area contributed by atoms with Gasteiger partial charge in [0.1, 0.15) is 5.60 Å². The maximum Gasteiger partial charge on any atom is 0.330 e. The van der Waals surface area contributed by atoms with E-state index in [0.717, 1.165) is 6.08 Å². The van der Waals surface area contributed by atoms with Crippen LogP contribution in [0.1, 0.15) is 27.2 Å². The highest BCUT2D eigenvalue weighted by atomic mass is 19.3. The molecule has 0 radical (unpaired) electrons. The second-order valence-corrected chi connectivity index (χ2v) is 4.57. The molecular formula is C11H16F2O4. The fourth-order valence-electron chi connectivity index (χ4n) is 1.13. The van der Waals surface area contributed by atoms with Gasteiger partial charge in [-0.3, -0.25) is 9.59 Å². The van der Waals surface area contributed by atoms with Gasteiger partial charge in [0.15, 0.2) is 0 Å². The Morgan fingerprint density at radius 3 is 2.12 bits per heavy atom. The Balaban J connectivity index is 5.37. The fourth-order valence-corrected chi connectivity index (χ4v) is 1.13. The lowest BCUT2D eigenvalue weighted by Gasteiger charge is -2.29. The summed E-state index contributed by atoms with van der Waals surface area (Å²) in [4.78, 5) is 22.6. The molecule has 17 heavy (non-hydrogen) atoms. The van der Waals surface area contributed by atoms with Crippen molar-refractivity contribution in [2.75, 3.05) is 0 Å². The summed E-state index contributed by atoms with van der Waals surface area (Å²) in [5.41, 5.74) is -3.91. The quantitative estimate of drug-likeness (QED) is 0.461. The molecule has 0 aromatic carbocycles. The number of carbonyl (C=O) groups excluding carboxylic acids is 1. The molecule has 0 aromatic heterocycles. The van der Waals surface area contributed by atoms with Gasteiger partial charge in [0, 0.05) is 0 Å². The molecule has 1 atom stereocenters. The molecule has 0 aliphatic carbocycles. The number of carbonyl (C=O) groups is 2. The number of hydrogen-bond donors (Lipinski definition) is 1. The number of rotatable bonds is 5. The highest BCUT2D eigenvalue weighted by Gasteiger charge is 2.56. The Labute approximate surface area is 98.3 Å². The lowest BCUT2D eigenvalue weighted by atomic mass is 9.84. The Bertz CT molecular complexity index is 320. The Morgan fingerprint density at radius 1 is 1.41 bits per heavy atom. The van der Waals surface area contributed by atoms with Gasteiger partial charge in [-0.05, 0) is 27.2 Å². The number of alkyl halides is 2. The molecule has 4 nitrogen and oxygen atoms in total. The van der Waals surface area contributed by atoms with Crippen LogP contribution in [0.3, 0.4) is 0 Å². The van der Waals surface area contributed by atoms with Gasteiger partial charge in [-0.15, -0.1) is 6.58 Å². The molecule has 0 rings (SSSR count). The zero-order chi connectivity index (χ0) is 13.9. The molecule has 0 fully saturated rings. The molecule has 1 N–H and O–H groups in total. The highest BCUT2D eigenvalue weighted by Crippen LogP contribution is 2.34. The first kappa shape index (κ1) is 15.5. The van der Waals surface area contributed by atoms with E-state index in [1.54, 1.807) is 0 Å². The van der Waals surface area contributed by atoms with E-state index in [1.807, 2.05) is 0 Å². The topological polar surface area (TPSA) is 63.6 Å². The minimum atomic E-state index is -3.37. The van der Waals surface area contributed by atoms with Crippen molar-refractivity contribution in [1.29, 1.82) is 0 Å². The summed E-state index contributed by atoms with van der Waals surface area (Å²) in [6, 6.07) is 0. The second kappa shape index (κ2) is 5.25. The molecule has 98 valence electrons. The molecule has 0 saturated heterocycles. The van der Waals surface area contributed by atoms with Crippen LogP contribution in [0.2, 0.25) is 0 Å². The molecule has 6 heteroatoms. The molecule has 0 spiro atoms. The summed E-state index contributed by atoms with van der Waals surface area (Å²) in [6.45, 7) is 7.59. The van der Waals surface area contributed by atoms with E-state index in [-0.39, 0.29) is 0 Å². The van der Waals surface area contributed by atoms with E-state index in [0.29, 0.717) is 0 Å². The van der Waals surface area contributed by atoms with E-state index in [1.165, 1.54) is 20.8 Å². The Morgan fingerprint density at radius 2 is 1.88 bits per heavy atom. The Kier molecular flexibility index (Phi) is 4.80. The molecular weight excluding hydrogens is 234 g/mol. The van der Waals surface area contributed by atoms with Crippen molar-refractivity contribution in [2.45, 2.75) is 39.2 Å². The van der Waals surface area contributed by atoms with Gasteiger partial charge in [-0.2, -0.15) is 0 Å². The van der Waals surface area contributed by atoms with Crippen molar-refractivity contribution in [3.05, 3.63) is 12.7 Å². The zero-order valence-corrected chi connectivity index (χ0v) is 10.00. The summed E-state index contributed by atoms with van der Waals surface area (Å²) in [7, 11) is 0. The minimum Gasteiger partial charge on any atom is -0.480 e. The lowest BCUT2D eigenvalue weighted by molar-refractivity contribution is -0.188. The van der Waals surface area contributed by atoms with Gasteiger partial charge in [-0.1, -0.05) is 6.08 Å². The van der Waals surface area contributed by atoms with Crippen LogP contribution < -0.4 is 0 Å². The minimum absolute atomic E-state index is 0.686. The molecule has 0 aliphatic heterocycles. The lowest BCUT2D eigenvalue weighted by Crippen LogP contribution is -2.48. The van der Waals surface area contributed by atoms with Crippen molar-refractivity contribution in [3.63, 3.8) is 0 Å². The molecule has 0 saturated carbocycles. The number of ether oxygens (including phenoxy) is 1. The van der Waals surface area contributed by atoms with Gasteiger partial charge in [0.2, 0.25) is 5.41 Å². The number of aliphatic carboxylic acids is 1. The van der Waals surface area contributed by atoms with E-state index >= 15 is 0 Å². The number of esters is 1. The van der Waals surface area contributed by atoms with Gasteiger partial charge < -0.3 is 9.84 Å². The van der Waals surface area contributed by atoms with Crippen LogP contribution in [0.5, 0.6) is 0 Å². The SMILES string of the molecule is C=CCC(C(=O)O)(C(=O)OC(C)(C)C)C(F)F. The first-order valence-corrected chi connectivity index (χ1v) is 4.94. The van der Waals surface area contributed by atoms with Crippen LogP contribution in [0, 0.1) is 5.41 Å². The monoisotopic (exact) mass is 250 g/mol. The molecule has 0 aliphatic rings. The average Bonchev–Trinajstić information content (AvgIpc) is 2.09. The van der Waals surface area contributed by atoms with Crippen molar-refractivity contribution in [2.24, 2.45) is 5.41 Å². The van der Waals surface area contributed by atoms with E-state index < -0.39 is 35.8 Å². The highest BCUT2D eigenvalue weighted by molar-refractivity contribution is 6.00. The normalized spacial score (nSPS) is 15.2. The van der Waals surface area contributed by atoms with Crippen LogP contribution >= 0.6 is 0 Å². The molecule has 0 heterocycles. The summed E-state index contributed by atoms with van der Waals surface area (Å²) >= 11 is 0. The third-order valence-electron chi connectivity index (χ3n) is 1.98.